The third kappa shape index (κ3) is 2.80. The van der Waals surface area contributed by atoms with Crippen LogP contribution in [0.15, 0.2) is 18.2 Å². The Bertz CT molecular complexity index is 453. The average molecular weight is 274 g/mol. The van der Waals surface area contributed by atoms with E-state index in [2.05, 4.69) is 5.32 Å². The van der Waals surface area contributed by atoms with E-state index >= 15 is 0 Å². The van der Waals surface area contributed by atoms with Gasteiger partial charge in [0.25, 0.3) is 5.91 Å². The molecule has 0 heterocycles. The summed E-state index contributed by atoms with van der Waals surface area (Å²) in [6.07, 6.45) is 2.83. The fourth-order valence-electron chi connectivity index (χ4n) is 2.33. The van der Waals surface area contributed by atoms with E-state index in [1.54, 1.807) is 0 Å². The van der Waals surface area contributed by atoms with E-state index in [-0.39, 0.29) is 17.5 Å². The van der Waals surface area contributed by atoms with Crippen LogP contribution in [0.5, 0.6) is 0 Å². The van der Waals surface area contributed by atoms with Crippen molar-refractivity contribution < 1.29 is 13.6 Å². The SMILES string of the molecule is O=C(NC1CCCC1CCl)c1ccc(F)cc1F. The normalized spacial score (nSPS) is 23.1. The van der Waals surface area contributed by atoms with E-state index in [4.69, 9.17) is 11.6 Å². The highest BCUT2D eigenvalue weighted by Crippen LogP contribution is 2.27. The van der Waals surface area contributed by atoms with Crippen molar-refractivity contribution in [1.29, 1.82) is 0 Å². The summed E-state index contributed by atoms with van der Waals surface area (Å²) in [4.78, 5) is 11.9. The molecule has 1 saturated carbocycles. The van der Waals surface area contributed by atoms with Gasteiger partial charge in [-0.3, -0.25) is 4.79 Å². The Morgan fingerprint density at radius 3 is 2.83 bits per heavy atom. The van der Waals surface area contributed by atoms with Crippen LogP contribution in [-0.2, 0) is 0 Å². The van der Waals surface area contributed by atoms with Crippen molar-refractivity contribution in [2.75, 3.05) is 5.88 Å². The van der Waals surface area contributed by atoms with E-state index in [0.29, 0.717) is 11.9 Å². The third-order valence-corrected chi connectivity index (χ3v) is 3.75. The molecule has 0 bridgehead atoms. The Hall–Kier alpha value is -1.16. The second kappa shape index (κ2) is 5.65. The quantitative estimate of drug-likeness (QED) is 0.843. The molecule has 0 aliphatic heterocycles. The van der Waals surface area contributed by atoms with Crippen LogP contribution in [0.3, 0.4) is 0 Å². The molecular formula is C13H14ClF2NO. The van der Waals surface area contributed by atoms with E-state index < -0.39 is 17.5 Å². The number of carbonyl (C=O) groups excluding carboxylic acids is 1. The molecule has 1 aromatic rings. The predicted octanol–water partition coefficient (Wildman–Crippen LogP) is 3.10. The zero-order valence-corrected chi connectivity index (χ0v) is 10.5. The number of hydrogen-bond acceptors (Lipinski definition) is 1. The van der Waals surface area contributed by atoms with Crippen molar-refractivity contribution in [3.63, 3.8) is 0 Å². The Morgan fingerprint density at radius 2 is 2.17 bits per heavy atom. The molecule has 98 valence electrons. The van der Waals surface area contributed by atoms with Crippen molar-refractivity contribution in [2.45, 2.75) is 25.3 Å². The summed E-state index contributed by atoms with van der Waals surface area (Å²) in [6, 6.07) is 2.93. The van der Waals surface area contributed by atoms with Crippen molar-refractivity contribution >= 4 is 17.5 Å². The van der Waals surface area contributed by atoms with Gasteiger partial charge in [0, 0.05) is 18.0 Å². The summed E-state index contributed by atoms with van der Waals surface area (Å²) in [7, 11) is 0. The van der Waals surface area contributed by atoms with Crippen molar-refractivity contribution in [3.8, 4) is 0 Å². The van der Waals surface area contributed by atoms with Gasteiger partial charge in [0.05, 0.1) is 5.56 Å². The number of halogens is 3. The van der Waals surface area contributed by atoms with E-state index in [1.165, 1.54) is 0 Å². The lowest BCUT2D eigenvalue weighted by Gasteiger charge is -2.19. The number of alkyl halides is 1. The largest absolute Gasteiger partial charge is 0.349 e. The summed E-state index contributed by atoms with van der Waals surface area (Å²) in [5.74, 6) is -1.32. The third-order valence-electron chi connectivity index (χ3n) is 3.35. The maximum absolute atomic E-state index is 13.4. The van der Waals surface area contributed by atoms with Crippen LogP contribution in [0.25, 0.3) is 0 Å². The number of benzene rings is 1. The fourth-order valence-corrected chi connectivity index (χ4v) is 2.70. The van der Waals surface area contributed by atoms with Crippen LogP contribution in [0, 0.1) is 17.6 Å². The highest BCUT2D eigenvalue weighted by atomic mass is 35.5. The summed E-state index contributed by atoms with van der Waals surface area (Å²) < 4.78 is 26.2. The number of nitrogens with one attached hydrogen (secondary N) is 1. The van der Waals surface area contributed by atoms with Crippen LogP contribution in [0.1, 0.15) is 29.6 Å². The standard InChI is InChI=1S/C13H14ClF2NO/c14-7-8-2-1-3-12(8)17-13(18)10-5-4-9(15)6-11(10)16/h4-6,8,12H,1-3,7H2,(H,17,18). The zero-order chi connectivity index (χ0) is 13.1. The Balaban J connectivity index is 2.07. The molecule has 18 heavy (non-hydrogen) atoms. The Morgan fingerprint density at radius 1 is 1.39 bits per heavy atom. The molecule has 0 saturated heterocycles. The van der Waals surface area contributed by atoms with Gasteiger partial charge in [-0.2, -0.15) is 0 Å². The van der Waals surface area contributed by atoms with Gasteiger partial charge in [0.1, 0.15) is 11.6 Å². The topological polar surface area (TPSA) is 29.1 Å². The van der Waals surface area contributed by atoms with Crippen LogP contribution >= 0.6 is 11.6 Å². The molecule has 2 nitrogen and oxygen atoms in total. The van der Waals surface area contributed by atoms with E-state index in [0.717, 1.165) is 31.4 Å². The van der Waals surface area contributed by atoms with E-state index in [9.17, 15) is 13.6 Å². The van der Waals surface area contributed by atoms with Gasteiger partial charge >= 0.3 is 0 Å². The monoisotopic (exact) mass is 273 g/mol. The summed E-state index contributed by atoms with van der Waals surface area (Å²) in [5.41, 5.74) is -0.128. The summed E-state index contributed by atoms with van der Waals surface area (Å²) in [6.45, 7) is 0. The van der Waals surface area contributed by atoms with Crippen LogP contribution in [0.2, 0.25) is 0 Å². The molecular weight excluding hydrogens is 260 g/mol. The van der Waals surface area contributed by atoms with Crippen molar-refractivity contribution in [3.05, 3.63) is 35.4 Å². The lowest BCUT2D eigenvalue weighted by Crippen LogP contribution is -2.38. The molecule has 0 radical (unpaired) electrons. The van der Waals surface area contributed by atoms with Gasteiger partial charge in [-0.25, -0.2) is 8.78 Å². The van der Waals surface area contributed by atoms with Gasteiger partial charge < -0.3 is 5.32 Å². The molecule has 1 aliphatic rings. The highest BCUT2D eigenvalue weighted by Gasteiger charge is 2.28. The number of rotatable bonds is 3. The summed E-state index contributed by atoms with van der Waals surface area (Å²) >= 11 is 5.81. The molecule has 1 amide bonds. The lowest BCUT2D eigenvalue weighted by molar-refractivity contribution is 0.0926. The minimum absolute atomic E-state index is 0.0144. The van der Waals surface area contributed by atoms with Gasteiger partial charge in [-0.05, 0) is 30.9 Å². The first kappa shape index (κ1) is 13.3. The molecule has 1 fully saturated rings. The van der Waals surface area contributed by atoms with Crippen LogP contribution in [0.4, 0.5) is 8.78 Å². The van der Waals surface area contributed by atoms with Gasteiger partial charge in [-0.1, -0.05) is 6.42 Å². The minimum atomic E-state index is -0.840. The summed E-state index contributed by atoms with van der Waals surface area (Å²) in [5, 5.41) is 2.77. The maximum atomic E-state index is 13.4. The second-order valence-corrected chi connectivity index (χ2v) is 4.86. The molecule has 2 unspecified atom stereocenters. The molecule has 0 aromatic heterocycles. The molecule has 1 aromatic carbocycles. The molecule has 1 aliphatic carbocycles. The zero-order valence-electron chi connectivity index (χ0n) is 9.76. The molecule has 5 heteroatoms. The smallest absolute Gasteiger partial charge is 0.254 e. The minimum Gasteiger partial charge on any atom is -0.349 e. The molecule has 2 rings (SSSR count). The number of hydrogen-bond donors (Lipinski definition) is 1. The Labute approximate surface area is 109 Å². The number of carbonyl (C=O) groups is 1. The number of amides is 1. The average Bonchev–Trinajstić information content (AvgIpc) is 2.76. The predicted molar refractivity (Wildman–Crippen MR) is 65.7 cm³/mol. The van der Waals surface area contributed by atoms with Crippen LogP contribution in [-0.4, -0.2) is 17.8 Å². The Kier molecular flexibility index (Phi) is 4.17. The molecule has 2 atom stereocenters. The first-order chi connectivity index (χ1) is 8.61. The van der Waals surface area contributed by atoms with E-state index in [1.807, 2.05) is 0 Å². The highest BCUT2D eigenvalue weighted by molar-refractivity contribution is 6.18. The first-order valence-electron chi connectivity index (χ1n) is 5.93. The first-order valence-corrected chi connectivity index (χ1v) is 6.47. The molecule has 0 spiro atoms. The maximum Gasteiger partial charge on any atom is 0.254 e. The van der Waals surface area contributed by atoms with Crippen LogP contribution < -0.4 is 5.32 Å². The lowest BCUT2D eigenvalue weighted by atomic mass is 10.1. The second-order valence-electron chi connectivity index (χ2n) is 4.55. The van der Waals surface area contributed by atoms with Crippen molar-refractivity contribution in [1.82, 2.24) is 5.32 Å². The van der Waals surface area contributed by atoms with Gasteiger partial charge in [-0.15, -0.1) is 11.6 Å². The van der Waals surface area contributed by atoms with Crippen molar-refractivity contribution in [2.24, 2.45) is 5.92 Å². The fraction of sp³-hybridized carbons (Fsp3) is 0.462. The van der Waals surface area contributed by atoms with Gasteiger partial charge in [0.2, 0.25) is 0 Å². The van der Waals surface area contributed by atoms with Gasteiger partial charge in [0.15, 0.2) is 0 Å². The molecule has 1 N–H and O–H groups in total.